The van der Waals surface area contributed by atoms with Crippen LogP contribution in [0.2, 0.25) is 0 Å². The minimum Gasteiger partial charge on any atom is -0.481 e. The number of hydrogen-bond acceptors (Lipinski definition) is 6. The van der Waals surface area contributed by atoms with Gasteiger partial charge in [0.05, 0.1) is 19.0 Å². The molecule has 1 aliphatic heterocycles. The molecule has 0 saturated carbocycles. The van der Waals surface area contributed by atoms with Crippen molar-refractivity contribution in [3.8, 4) is 0 Å². The molecule has 11 heteroatoms. The topological polar surface area (TPSA) is 179 Å². The molecule has 3 amide bonds. The Morgan fingerprint density at radius 2 is 1.79 bits per heavy atom. The van der Waals surface area contributed by atoms with Crippen LogP contribution in [0.5, 0.6) is 0 Å². The van der Waals surface area contributed by atoms with Crippen LogP contribution in [-0.4, -0.2) is 76.0 Å². The maximum absolute atomic E-state index is 12.4. The lowest BCUT2D eigenvalue weighted by Gasteiger charge is -2.24. The lowest BCUT2D eigenvalue weighted by molar-refractivity contribution is -0.148. The molecule has 1 fully saturated rings. The first kappa shape index (κ1) is 23.3. The van der Waals surface area contributed by atoms with Crippen LogP contribution in [0.25, 0.3) is 0 Å². The fourth-order valence-electron chi connectivity index (χ4n) is 2.97. The van der Waals surface area contributed by atoms with Gasteiger partial charge < -0.3 is 31.5 Å². The van der Waals surface area contributed by atoms with Gasteiger partial charge in [-0.15, -0.1) is 0 Å². The van der Waals surface area contributed by atoms with Crippen LogP contribution in [0.3, 0.4) is 0 Å². The number of aliphatic carboxylic acids is 2. The molecular weight excluding hydrogens is 372 g/mol. The van der Waals surface area contributed by atoms with Crippen molar-refractivity contribution in [1.29, 1.82) is 0 Å². The Bertz CT molecular complexity index is 623. The van der Waals surface area contributed by atoms with E-state index in [9.17, 15) is 24.0 Å². The number of nitrogens with two attached hydrogens (primary N) is 1. The molecule has 1 aliphatic rings. The van der Waals surface area contributed by atoms with Gasteiger partial charge in [0.2, 0.25) is 17.7 Å². The van der Waals surface area contributed by atoms with Gasteiger partial charge in [-0.05, 0) is 25.2 Å². The standard InChI is InChI=1S/C17H28N4O7/c1-9(2)6-11(20-15(25)10(18)7-14(23)24)16(26)19-8-13(22)21-5-3-4-12(21)17(27)28/h9-12H,3-8,18H2,1-2H3,(H,19,26)(H,20,25)(H,23,24)(H,27,28). The number of carbonyl (C=O) groups excluding carboxylic acids is 3. The Labute approximate surface area is 162 Å². The predicted molar refractivity (Wildman–Crippen MR) is 97.0 cm³/mol. The lowest BCUT2D eigenvalue weighted by Crippen LogP contribution is -2.54. The summed E-state index contributed by atoms with van der Waals surface area (Å²) in [5, 5.41) is 22.7. The Hall–Kier alpha value is -2.69. The van der Waals surface area contributed by atoms with Crippen molar-refractivity contribution in [3.63, 3.8) is 0 Å². The Kier molecular flexibility index (Phi) is 8.83. The van der Waals surface area contributed by atoms with Gasteiger partial charge in [0.25, 0.3) is 0 Å². The second kappa shape index (κ2) is 10.6. The molecule has 28 heavy (non-hydrogen) atoms. The summed E-state index contributed by atoms with van der Waals surface area (Å²) in [4.78, 5) is 59.7. The highest BCUT2D eigenvalue weighted by Gasteiger charge is 2.34. The van der Waals surface area contributed by atoms with Crippen LogP contribution in [0, 0.1) is 5.92 Å². The zero-order valence-corrected chi connectivity index (χ0v) is 16.0. The maximum Gasteiger partial charge on any atom is 0.326 e. The predicted octanol–water partition coefficient (Wildman–Crippen LogP) is -1.49. The minimum atomic E-state index is -1.30. The third-order valence-electron chi connectivity index (χ3n) is 4.34. The minimum absolute atomic E-state index is 0.0254. The number of carbonyl (C=O) groups is 5. The number of amides is 3. The van der Waals surface area contributed by atoms with E-state index < -0.39 is 60.8 Å². The van der Waals surface area contributed by atoms with Gasteiger partial charge in [-0.1, -0.05) is 13.8 Å². The summed E-state index contributed by atoms with van der Waals surface area (Å²) >= 11 is 0. The molecule has 0 aromatic rings. The highest BCUT2D eigenvalue weighted by molar-refractivity contribution is 5.93. The molecule has 1 heterocycles. The van der Waals surface area contributed by atoms with Gasteiger partial charge in [-0.2, -0.15) is 0 Å². The van der Waals surface area contributed by atoms with E-state index in [0.29, 0.717) is 19.4 Å². The number of nitrogens with zero attached hydrogens (tertiary/aromatic N) is 1. The van der Waals surface area contributed by atoms with Gasteiger partial charge in [0, 0.05) is 6.54 Å². The third-order valence-corrected chi connectivity index (χ3v) is 4.34. The Morgan fingerprint density at radius 1 is 1.14 bits per heavy atom. The Balaban J connectivity index is 2.66. The summed E-state index contributed by atoms with van der Waals surface area (Å²) in [6, 6.07) is -3.19. The molecular formula is C17H28N4O7. The van der Waals surface area contributed by atoms with E-state index in [2.05, 4.69) is 10.6 Å². The monoisotopic (exact) mass is 400 g/mol. The van der Waals surface area contributed by atoms with Gasteiger partial charge >= 0.3 is 11.9 Å². The van der Waals surface area contributed by atoms with Crippen LogP contribution >= 0.6 is 0 Å². The van der Waals surface area contributed by atoms with Gasteiger partial charge in [-0.25, -0.2) is 4.79 Å². The zero-order valence-electron chi connectivity index (χ0n) is 16.0. The van der Waals surface area contributed by atoms with E-state index >= 15 is 0 Å². The fraction of sp³-hybridized carbons (Fsp3) is 0.706. The molecule has 6 N–H and O–H groups in total. The van der Waals surface area contributed by atoms with Crippen molar-refractivity contribution in [2.45, 2.75) is 57.7 Å². The van der Waals surface area contributed by atoms with Crippen molar-refractivity contribution in [3.05, 3.63) is 0 Å². The van der Waals surface area contributed by atoms with Crippen LogP contribution < -0.4 is 16.4 Å². The summed E-state index contributed by atoms with van der Waals surface area (Å²) in [6.07, 6.45) is 0.617. The summed E-state index contributed by atoms with van der Waals surface area (Å²) in [7, 11) is 0. The van der Waals surface area contributed by atoms with E-state index in [4.69, 9.17) is 15.9 Å². The first-order valence-electron chi connectivity index (χ1n) is 9.10. The summed E-state index contributed by atoms with van der Waals surface area (Å²) in [5.74, 6) is -4.22. The van der Waals surface area contributed by atoms with E-state index in [1.54, 1.807) is 0 Å². The van der Waals surface area contributed by atoms with Crippen molar-refractivity contribution in [2.75, 3.05) is 13.1 Å². The van der Waals surface area contributed by atoms with E-state index in [1.807, 2.05) is 13.8 Å². The molecule has 158 valence electrons. The number of hydrogen-bond donors (Lipinski definition) is 5. The van der Waals surface area contributed by atoms with Crippen molar-refractivity contribution in [1.82, 2.24) is 15.5 Å². The normalized spacial score (nSPS) is 18.4. The summed E-state index contributed by atoms with van der Waals surface area (Å²) in [6.45, 7) is 3.57. The fourth-order valence-corrected chi connectivity index (χ4v) is 2.97. The molecule has 0 radical (unpaired) electrons. The highest BCUT2D eigenvalue weighted by atomic mass is 16.4. The van der Waals surface area contributed by atoms with Crippen molar-refractivity contribution < 1.29 is 34.2 Å². The largest absolute Gasteiger partial charge is 0.481 e. The van der Waals surface area contributed by atoms with Crippen LogP contribution in [0.15, 0.2) is 0 Å². The number of likely N-dealkylation sites (tertiary alicyclic amines) is 1. The van der Waals surface area contributed by atoms with Gasteiger partial charge in [0.15, 0.2) is 0 Å². The third kappa shape index (κ3) is 7.14. The van der Waals surface area contributed by atoms with Crippen molar-refractivity contribution in [2.24, 2.45) is 11.7 Å². The van der Waals surface area contributed by atoms with E-state index in [0.717, 1.165) is 0 Å². The number of rotatable bonds is 10. The molecule has 0 aromatic heterocycles. The summed E-state index contributed by atoms with van der Waals surface area (Å²) < 4.78 is 0. The summed E-state index contributed by atoms with van der Waals surface area (Å²) in [5.41, 5.74) is 5.50. The molecule has 1 rings (SSSR count). The first-order valence-corrected chi connectivity index (χ1v) is 9.10. The molecule has 11 nitrogen and oxygen atoms in total. The molecule has 0 spiro atoms. The van der Waals surface area contributed by atoms with Gasteiger partial charge in [0.1, 0.15) is 12.1 Å². The zero-order chi connectivity index (χ0) is 21.4. The average molecular weight is 400 g/mol. The molecule has 0 aromatic carbocycles. The maximum atomic E-state index is 12.4. The van der Waals surface area contributed by atoms with E-state index in [1.165, 1.54) is 4.90 Å². The quantitative estimate of drug-likeness (QED) is 0.294. The SMILES string of the molecule is CC(C)CC(NC(=O)C(N)CC(=O)O)C(=O)NCC(=O)N1CCCC1C(=O)O. The average Bonchev–Trinajstić information content (AvgIpc) is 3.07. The smallest absolute Gasteiger partial charge is 0.326 e. The first-order chi connectivity index (χ1) is 13.0. The molecule has 3 atom stereocenters. The number of carboxylic acid groups (broad SMARTS) is 2. The second-order valence-corrected chi connectivity index (χ2v) is 7.20. The van der Waals surface area contributed by atoms with Gasteiger partial charge in [-0.3, -0.25) is 19.2 Å². The van der Waals surface area contributed by atoms with Crippen LogP contribution in [0.4, 0.5) is 0 Å². The highest BCUT2D eigenvalue weighted by Crippen LogP contribution is 2.17. The van der Waals surface area contributed by atoms with Crippen molar-refractivity contribution >= 4 is 29.7 Å². The molecule has 1 saturated heterocycles. The lowest BCUT2D eigenvalue weighted by atomic mass is 10.0. The van der Waals surface area contributed by atoms with E-state index in [-0.39, 0.29) is 12.3 Å². The molecule has 3 unspecified atom stereocenters. The number of nitrogens with one attached hydrogen (secondary N) is 2. The van der Waals surface area contributed by atoms with Crippen LogP contribution in [-0.2, 0) is 24.0 Å². The molecule has 0 aliphatic carbocycles. The van der Waals surface area contributed by atoms with Crippen LogP contribution in [0.1, 0.15) is 39.5 Å². The second-order valence-electron chi connectivity index (χ2n) is 7.20. The Morgan fingerprint density at radius 3 is 2.32 bits per heavy atom. The number of carboxylic acids is 2. The molecule has 0 bridgehead atoms.